The third kappa shape index (κ3) is 1.65. The molecule has 0 saturated carbocycles. The average molecular weight is 232 g/mol. The van der Waals surface area contributed by atoms with Crippen LogP contribution in [0, 0.1) is 0 Å². The summed E-state index contributed by atoms with van der Waals surface area (Å²) in [4.78, 5) is 11.5. The van der Waals surface area contributed by atoms with Crippen LogP contribution in [-0.2, 0) is 4.79 Å². The second kappa shape index (κ2) is 3.98. The van der Waals surface area contributed by atoms with E-state index in [0.29, 0.717) is 12.2 Å². The first-order chi connectivity index (χ1) is 7.84. The Morgan fingerprint density at radius 1 is 1.31 bits per heavy atom. The first-order valence-corrected chi connectivity index (χ1v) is 6.49. The summed E-state index contributed by atoms with van der Waals surface area (Å²) in [6, 6.07) is 8.01. The van der Waals surface area contributed by atoms with Gasteiger partial charge in [0.1, 0.15) is 11.4 Å². The number of hydrogen-bond acceptors (Lipinski definition) is 3. The number of thioether (sulfide) groups is 1. The number of benzene rings is 1. The lowest BCUT2D eigenvalue weighted by molar-refractivity contribution is -0.118. The molecule has 16 heavy (non-hydrogen) atoms. The first-order valence-electron chi connectivity index (χ1n) is 5.44. The van der Waals surface area contributed by atoms with Crippen molar-refractivity contribution < 1.29 is 9.21 Å². The molecule has 3 heteroatoms. The molecule has 1 saturated heterocycles. The molecule has 1 aliphatic heterocycles. The molecule has 0 aliphatic carbocycles. The van der Waals surface area contributed by atoms with Gasteiger partial charge in [0.15, 0.2) is 0 Å². The zero-order valence-corrected chi connectivity index (χ0v) is 9.63. The number of carbonyl (C=O) groups is 1. The number of ketones is 1. The molecule has 2 nitrogen and oxygen atoms in total. The van der Waals surface area contributed by atoms with Gasteiger partial charge >= 0.3 is 0 Å². The maximum Gasteiger partial charge on any atom is 0.135 e. The molecule has 1 aromatic carbocycles. The SMILES string of the molecule is O=C1CCSC(c2coc3ccccc23)C1. The molecule has 0 bridgehead atoms. The summed E-state index contributed by atoms with van der Waals surface area (Å²) < 4.78 is 5.51. The lowest BCUT2D eigenvalue weighted by atomic mass is 10.0. The maximum atomic E-state index is 11.5. The van der Waals surface area contributed by atoms with Crippen LogP contribution in [0.25, 0.3) is 11.0 Å². The largest absolute Gasteiger partial charge is 0.464 e. The summed E-state index contributed by atoms with van der Waals surface area (Å²) >= 11 is 1.86. The Balaban J connectivity index is 2.02. The molecule has 0 spiro atoms. The quantitative estimate of drug-likeness (QED) is 0.753. The minimum absolute atomic E-state index is 0.282. The number of furan rings is 1. The number of Topliss-reactive ketones (excluding diaryl/α,β-unsaturated/α-hetero) is 1. The monoisotopic (exact) mass is 232 g/mol. The van der Waals surface area contributed by atoms with Gasteiger partial charge in [-0.25, -0.2) is 0 Å². The minimum Gasteiger partial charge on any atom is -0.464 e. The average Bonchev–Trinajstić information content (AvgIpc) is 2.72. The van der Waals surface area contributed by atoms with Gasteiger partial charge in [-0.05, 0) is 6.07 Å². The van der Waals surface area contributed by atoms with E-state index in [2.05, 4.69) is 6.07 Å². The van der Waals surface area contributed by atoms with Crippen molar-refractivity contribution in [3.8, 4) is 0 Å². The second-order valence-corrected chi connectivity index (χ2v) is 5.35. The van der Waals surface area contributed by atoms with E-state index in [0.717, 1.165) is 23.1 Å². The van der Waals surface area contributed by atoms with E-state index in [9.17, 15) is 4.79 Å². The molecular formula is C13H12O2S. The van der Waals surface area contributed by atoms with Crippen LogP contribution in [0.1, 0.15) is 23.7 Å². The molecule has 0 N–H and O–H groups in total. The highest BCUT2D eigenvalue weighted by molar-refractivity contribution is 7.99. The van der Waals surface area contributed by atoms with Crippen molar-refractivity contribution >= 4 is 28.5 Å². The summed E-state index contributed by atoms with van der Waals surface area (Å²) in [5.74, 6) is 1.30. The fourth-order valence-electron chi connectivity index (χ4n) is 2.13. The van der Waals surface area contributed by atoms with Gasteiger partial charge < -0.3 is 4.42 Å². The third-order valence-corrected chi connectivity index (χ3v) is 4.23. The van der Waals surface area contributed by atoms with Crippen molar-refractivity contribution in [2.75, 3.05) is 5.75 Å². The number of hydrogen-bond donors (Lipinski definition) is 0. The molecule has 1 fully saturated rings. The molecule has 2 aromatic rings. The van der Waals surface area contributed by atoms with Crippen LogP contribution in [0.2, 0.25) is 0 Å². The number of carbonyl (C=O) groups excluding carboxylic acids is 1. The van der Waals surface area contributed by atoms with Gasteiger partial charge in [0.2, 0.25) is 0 Å². The van der Waals surface area contributed by atoms with Gasteiger partial charge in [0.25, 0.3) is 0 Å². The standard InChI is InChI=1S/C13H12O2S/c14-9-5-6-16-13(7-9)11-8-15-12-4-2-1-3-10(11)12/h1-4,8,13H,5-7H2. The summed E-state index contributed by atoms with van der Waals surface area (Å²) in [7, 11) is 0. The van der Waals surface area contributed by atoms with E-state index in [1.54, 1.807) is 6.26 Å². The predicted octanol–water partition coefficient (Wildman–Crippen LogP) is 3.57. The Morgan fingerprint density at radius 2 is 2.19 bits per heavy atom. The predicted molar refractivity (Wildman–Crippen MR) is 65.7 cm³/mol. The van der Waals surface area contributed by atoms with Crippen molar-refractivity contribution in [2.24, 2.45) is 0 Å². The fraction of sp³-hybridized carbons (Fsp3) is 0.308. The van der Waals surface area contributed by atoms with Gasteiger partial charge in [0.05, 0.1) is 6.26 Å². The van der Waals surface area contributed by atoms with E-state index in [1.807, 2.05) is 30.0 Å². The van der Waals surface area contributed by atoms with E-state index in [1.165, 1.54) is 5.56 Å². The fourth-order valence-corrected chi connectivity index (χ4v) is 3.43. The Kier molecular flexibility index (Phi) is 2.48. The van der Waals surface area contributed by atoms with Gasteiger partial charge in [-0.1, -0.05) is 18.2 Å². The lowest BCUT2D eigenvalue weighted by Gasteiger charge is -2.19. The molecule has 0 amide bonds. The van der Waals surface area contributed by atoms with Crippen LogP contribution in [0.4, 0.5) is 0 Å². The van der Waals surface area contributed by atoms with Crippen molar-refractivity contribution in [3.05, 3.63) is 36.1 Å². The Hall–Kier alpha value is -1.22. The number of para-hydroxylation sites is 1. The van der Waals surface area contributed by atoms with E-state index < -0.39 is 0 Å². The molecule has 1 aromatic heterocycles. The second-order valence-electron chi connectivity index (χ2n) is 4.04. The summed E-state index contributed by atoms with van der Waals surface area (Å²) in [6.45, 7) is 0. The van der Waals surface area contributed by atoms with Gasteiger partial charge in [-0.15, -0.1) is 0 Å². The smallest absolute Gasteiger partial charge is 0.135 e. The van der Waals surface area contributed by atoms with Crippen LogP contribution in [-0.4, -0.2) is 11.5 Å². The highest BCUT2D eigenvalue weighted by atomic mass is 32.2. The molecule has 82 valence electrons. The zero-order chi connectivity index (χ0) is 11.0. The Bertz CT molecular complexity index is 529. The highest BCUT2D eigenvalue weighted by Crippen LogP contribution is 2.40. The third-order valence-electron chi connectivity index (χ3n) is 2.97. The molecule has 2 heterocycles. The molecule has 3 rings (SSSR count). The van der Waals surface area contributed by atoms with Crippen LogP contribution in [0.15, 0.2) is 34.9 Å². The van der Waals surface area contributed by atoms with E-state index in [4.69, 9.17) is 4.42 Å². The van der Waals surface area contributed by atoms with Crippen LogP contribution in [0.5, 0.6) is 0 Å². The summed E-state index contributed by atoms with van der Waals surface area (Å²) in [6.07, 6.45) is 3.17. The molecule has 0 radical (unpaired) electrons. The number of rotatable bonds is 1. The van der Waals surface area contributed by atoms with Crippen molar-refractivity contribution in [1.82, 2.24) is 0 Å². The number of fused-ring (bicyclic) bond motifs is 1. The van der Waals surface area contributed by atoms with Gasteiger partial charge in [0, 0.05) is 34.8 Å². The minimum atomic E-state index is 0.282. The topological polar surface area (TPSA) is 30.2 Å². The van der Waals surface area contributed by atoms with Crippen LogP contribution < -0.4 is 0 Å². The Morgan fingerprint density at radius 3 is 3.06 bits per heavy atom. The lowest BCUT2D eigenvalue weighted by Crippen LogP contribution is -2.11. The van der Waals surface area contributed by atoms with Gasteiger partial charge in [-0.2, -0.15) is 11.8 Å². The zero-order valence-electron chi connectivity index (χ0n) is 8.81. The maximum absolute atomic E-state index is 11.5. The van der Waals surface area contributed by atoms with Crippen molar-refractivity contribution in [1.29, 1.82) is 0 Å². The first kappa shape index (κ1) is 9.97. The van der Waals surface area contributed by atoms with Gasteiger partial charge in [-0.3, -0.25) is 4.79 Å². The highest BCUT2D eigenvalue weighted by Gasteiger charge is 2.24. The van der Waals surface area contributed by atoms with Crippen molar-refractivity contribution in [3.63, 3.8) is 0 Å². The van der Waals surface area contributed by atoms with E-state index in [-0.39, 0.29) is 5.25 Å². The Labute approximate surface area is 98.0 Å². The molecule has 1 aliphatic rings. The van der Waals surface area contributed by atoms with Crippen LogP contribution >= 0.6 is 11.8 Å². The normalized spacial score (nSPS) is 21.5. The van der Waals surface area contributed by atoms with Crippen molar-refractivity contribution in [2.45, 2.75) is 18.1 Å². The molecular weight excluding hydrogens is 220 g/mol. The van der Waals surface area contributed by atoms with E-state index >= 15 is 0 Å². The molecule has 1 atom stereocenters. The summed E-state index contributed by atoms with van der Waals surface area (Å²) in [5.41, 5.74) is 2.09. The molecule has 1 unspecified atom stereocenters. The van der Waals surface area contributed by atoms with Crippen LogP contribution in [0.3, 0.4) is 0 Å². The summed E-state index contributed by atoms with van der Waals surface area (Å²) in [5, 5.41) is 1.43.